The van der Waals surface area contributed by atoms with Crippen LogP contribution in [0.15, 0.2) is 29.3 Å². The van der Waals surface area contributed by atoms with Crippen LogP contribution >= 0.6 is 0 Å². The maximum Gasteiger partial charge on any atom is 0.257 e. The average molecular weight is 368 g/mol. The zero-order valence-corrected chi connectivity index (χ0v) is 14.8. The van der Waals surface area contributed by atoms with Crippen molar-refractivity contribution in [1.82, 2.24) is 15.3 Å². The molecule has 2 aromatic rings. The fourth-order valence-electron chi connectivity index (χ4n) is 3.50. The van der Waals surface area contributed by atoms with Crippen LogP contribution in [0, 0.1) is 11.7 Å². The normalized spacial score (nSPS) is 21.9. The molecule has 0 saturated heterocycles. The molecule has 2 aliphatic rings. The van der Waals surface area contributed by atoms with Crippen LogP contribution in [0.3, 0.4) is 0 Å². The first-order valence-corrected chi connectivity index (χ1v) is 9.11. The molecule has 2 unspecified atom stereocenters. The number of hydrogen-bond acceptors (Lipinski definition) is 6. The lowest BCUT2D eigenvalue weighted by Crippen LogP contribution is -2.33. The summed E-state index contributed by atoms with van der Waals surface area (Å²) in [5, 5.41) is 5.75. The predicted molar refractivity (Wildman–Crippen MR) is 101 cm³/mol. The molecule has 2 atom stereocenters. The maximum absolute atomic E-state index is 13.5. The number of halogens is 1. The van der Waals surface area contributed by atoms with Crippen LogP contribution in [0.25, 0.3) is 0 Å². The lowest BCUT2D eigenvalue weighted by atomic mass is 9.86. The molecule has 2 heterocycles. The molecule has 7 nitrogen and oxygen atoms in total. The van der Waals surface area contributed by atoms with Crippen LogP contribution in [0.4, 0.5) is 21.8 Å². The van der Waals surface area contributed by atoms with E-state index in [0.717, 1.165) is 25.7 Å². The molecule has 4 rings (SSSR count). The maximum atomic E-state index is 13.5. The smallest absolute Gasteiger partial charge is 0.257 e. The Hall–Kier alpha value is -2.87. The Bertz CT molecular complexity index is 900. The Morgan fingerprint density at radius 1 is 1.30 bits per heavy atom. The van der Waals surface area contributed by atoms with Gasteiger partial charge in [-0.15, -0.1) is 0 Å². The third-order valence-corrected chi connectivity index (χ3v) is 4.96. The molecule has 27 heavy (non-hydrogen) atoms. The van der Waals surface area contributed by atoms with E-state index >= 15 is 0 Å². The van der Waals surface area contributed by atoms with Gasteiger partial charge in [0.05, 0.1) is 12.2 Å². The number of anilines is 2. The number of fused-ring (bicyclic) bond motifs is 1. The molecule has 1 amide bonds. The summed E-state index contributed by atoms with van der Waals surface area (Å²) in [4.78, 5) is 25.3. The van der Waals surface area contributed by atoms with Gasteiger partial charge >= 0.3 is 0 Å². The second kappa shape index (κ2) is 7.40. The Labute approximate surface area is 156 Å². The van der Waals surface area contributed by atoms with Crippen molar-refractivity contribution in [2.24, 2.45) is 16.6 Å². The Balaban J connectivity index is 1.65. The quantitative estimate of drug-likeness (QED) is 0.720. The van der Waals surface area contributed by atoms with Gasteiger partial charge in [0.1, 0.15) is 17.2 Å². The van der Waals surface area contributed by atoms with Gasteiger partial charge in [0.2, 0.25) is 0 Å². The molecular formula is C19H21FN6O. The minimum absolute atomic E-state index is 0.102. The van der Waals surface area contributed by atoms with Crippen molar-refractivity contribution in [3.05, 3.63) is 41.3 Å². The van der Waals surface area contributed by atoms with Gasteiger partial charge < -0.3 is 16.4 Å². The van der Waals surface area contributed by atoms with Gasteiger partial charge in [-0.2, -0.15) is 4.98 Å². The minimum atomic E-state index is -0.375. The summed E-state index contributed by atoms with van der Waals surface area (Å²) in [6.07, 6.45) is 6.11. The van der Waals surface area contributed by atoms with E-state index in [1.54, 1.807) is 12.1 Å². The summed E-state index contributed by atoms with van der Waals surface area (Å²) in [5.41, 5.74) is 7.61. The molecule has 0 radical (unpaired) electrons. The zero-order valence-electron chi connectivity index (χ0n) is 14.8. The fraction of sp³-hybridized carbons (Fsp3) is 0.368. The largest absolute Gasteiger partial charge is 0.346 e. The molecule has 140 valence electrons. The number of aliphatic imine (C=N–C) groups is 1. The number of benzene rings is 1. The number of nitrogens with zero attached hydrogens (tertiary/aromatic N) is 3. The number of aromatic nitrogens is 2. The number of carbonyl (C=O) groups is 1. The first-order chi connectivity index (χ1) is 13.1. The second-order valence-corrected chi connectivity index (χ2v) is 6.90. The first kappa shape index (κ1) is 17.5. The molecule has 1 saturated carbocycles. The van der Waals surface area contributed by atoms with Gasteiger partial charge in [0, 0.05) is 23.9 Å². The van der Waals surface area contributed by atoms with Crippen molar-refractivity contribution in [3.8, 4) is 0 Å². The molecular weight excluding hydrogens is 347 g/mol. The Kier molecular flexibility index (Phi) is 4.81. The second-order valence-electron chi connectivity index (χ2n) is 6.90. The number of nitrogens with one attached hydrogen (secondary N) is 2. The molecule has 4 N–H and O–H groups in total. The predicted octanol–water partition coefficient (Wildman–Crippen LogP) is 2.82. The van der Waals surface area contributed by atoms with E-state index in [-0.39, 0.29) is 29.6 Å². The van der Waals surface area contributed by atoms with E-state index in [9.17, 15) is 9.18 Å². The van der Waals surface area contributed by atoms with Crippen molar-refractivity contribution in [1.29, 1.82) is 0 Å². The molecule has 0 spiro atoms. The van der Waals surface area contributed by atoms with Crippen molar-refractivity contribution < 1.29 is 9.18 Å². The number of carbonyl (C=O) groups excluding carboxylic acids is 1. The molecule has 1 aromatic heterocycles. The zero-order chi connectivity index (χ0) is 18.8. The SMILES string of the molecule is NC1CCCCC1C=Nc1nc2c(c(Nc3cccc(F)c3)n1)C(=O)NC2. The summed E-state index contributed by atoms with van der Waals surface area (Å²) in [6.45, 7) is 0.319. The standard InChI is InChI=1S/C19H21FN6O/c20-12-5-3-6-13(8-12)24-17-16-15(10-22-18(16)27)25-19(26-17)23-9-11-4-1-2-7-14(11)21/h3,5-6,8-9,11,14H,1-2,4,7,10,21H2,(H,22,27)(H,24,25,26). The van der Waals surface area contributed by atoms with E-state index in [0.29, 0.717) is 29.3 Å². The van der Waals surface area contributed by atoms with Gasteiger partial charge in [0.15, 0.2) is 0 Å². The summed E-state index contributed by atoms with van der Waals surface area (Å²) in [6, 6.07) is 6.08. The molecule has 1 aromatic carbocycles. The molecule has 8 heteroatoms. The highest BCUT2D eigenvalue weighted by atomic mass is 19.1. The van der Waals surface area contributed by atoms with E-state index in [4.69, 9.17) is 5.73 Å². The van der Waals surface area contributed by atoms with E-state index in [2.05, 4.69) is 25.6 Å². The summed E-state index contributed by atoms with van der Waals surface area (Å²) >= 11 is 0. The van der Waals surface area contributed by atoms with Crippen LogP contribution in [-0.2, 0) is 6.54 Å². The lowest BCUT2D eigenvalue weighted by molar-refractivity contribution is 0.0966. The topological polar surface area (TPSA) is 105 Å². The first-order valence-electron chi connectivity index (χ1n) is 9.11. The van der Waals surface area contributed by atoms with Gasteiger partial charge in [-0.25, -0.2) is 14.4 Å². The third kappa shape index (κ3) is 3.80. The van der Waals surface area contributed by atoms with Crippen LogP contribution in [0.1, 0.15) is 41.7 Å². The number of amides is 1. The van der Waals surface area contributed by atoms with Crippen molar-refractivity contribution in [2.45, 2.75) is 38.3 Å². The van der Waals surface area contributed by atoms with Crippen LogP contribution in [0.5, 0.6) is 0 Å². The molecule has 1 fully saturated rings. The van der Waals surface area contributed by atoms with E-state index in [1.165, 1.54) is 12.1 Å². The minimum Gasteiger partial charge on any atom is -0.346 e. The third-order valence-electron chi connectivity index (χ3n) is 4.96. The molecule has 0 bridgehead atoms. The summed E-state index contributed by atoms with van der Waals surface area (Å²) < 4.78 is 13.5. The highest BCUT2D eigenvalue weighted by Gasteiger charge is 2.27. The van der Waals surface area contributed by atoms with Gasteiger partial charge in [-0.05, 0) is 31.0 Å². The van der Waals surface area contributed by atoms with Gasteiger partial charge in [-0.1, -0.05) is 18.9 Å². The van der Waals surface area contributed by atoms with Crippen molar-refractivity contribution >= 4 is 29.6 Å². The summed E-state index contributed by atoms with van der Waals surface area (Å²) in [5.74, 6) is 0.158. The molecule has 1 aliphatic carbocycles. The van der Waals surface area contributed by atoms with Crippen LogP contribution in [-0.4, -0.2) is 28.1 Å². The fourth-order valence-corrected chi connectivity index (χ4v) is 3.50. The van der Waals surface area contributed by atoms with Crippen LogP contribution in [0.2, 0.25) is 0 Å². The lowest BCUT2D eigenvalue weighted by Gasteiger charge is -2.24. The average Bonchev–Trinajstić information content (AvgIpc) is 3.02. The Morgan fingerprint density at radius 2 is 2.15 bits per heavy atom. The Morgan fingerprint density at radius 3 is 2.96 bits per heavy atom. The van der Waals surface area contributed by atoms with Crippen molar-refractivity contribution in [3.63, 3.8) is 0 Å². The monoisotopic (exact) mass is 368 g/mol. The van der Waals surface area contributed by atoms with Gasteiger partial charge in [-0.3, -0.25) is 4.79 Å². The van der Waals surface area contributed by atoms with Crippen molar-refractivity contribution in [2.75, 3.05) is 5.32 Å². The van der Waals surface area contributed by atoms with Gasteiger partial charge in [0.25, 0.3) is 11.9 Å². The highest BCUT2D eigenvalue weighted by Crippen LogP contribution is 2.28. The number of hydrogen-bond donors (Lipinski definition) is 3. The highest BCUT2D eigenvalue weighted by molar-refractivity contribution is 6.02. The summed E-state index contributed by atoms with van der Waals surface area (Å²) in [7, 11) is 0. The van der Waals surface area contributed by atoms with E-state index in [1.807, 2.05) is 6.21 Å². The van der Waals surface area contributed by atoms with E-state index < -0.39 is 0 Å². The number of nitrogens with two attached hydrogens (primary N) is 1. The van der Waals surface area contributed by atoms with Crippen LogP contribution < -0.4 is 16.4 Å². The number of rotatable bonds is 4. The molecule has 1 aliphatic heterocycles.